The number of nitrogens with two attached hydrogens (primary N) is 2. The van der Waals surface area contributed by atoms with Gasteiger partial charge in [-0.05, 0) is 59.2 Å². The van der Waals surface area contributed by atoms with Crippen LogP contribution >= 0.6 is 34.8 Å². The zero-order valence-electron chi connectivity index (χ0n) is 16.3. The van der Waals surface area contributed by atoms with Gasteiger partial charge in [0.15, 0.2) is 0 Å². The summed E-state index contributed by atoms with van der Waals surface area (Å²) in [6.45, 7) is 0. The minimum Gasteiger partial charge on any atom is -0.369 e. The topological polar surface area (TPSA) is 76.8 Å². The van der Waals surface area contributed by atoms with E-state index in [1.807, 2.05) is 78.9 Å². The number of allylic oxidation sites excluding steroid dienone is 3. The molecule has 4 N–H and O–H groups in total. The summed E-state index contributed by atoms with van der Waals surface area (Å²) in [6.07, 6.45) is 5.68. The van der Waals surface area contributed by atoms with Gasteiger partial charge in [0, 0.05) is 20.6 Å². The van der Waals surface area contributed by atoms with Crippen molar-refractivity contribution in [3.8, 4) is 0 Å². The molecule has 156 valence electrons. The van der Waals surface area contributed by atoms with Gasteiger partial charge >= 0.3 is 0 Å². The Labute approximate surface area is 196 Å². The van der Waals surface area contributed by atoms with Crippen LogP contribution in [-0.2, 0) is 0 Å². The molecule has 3 aromatic rings. The lowest BCUT2D eigenvalue weighted by Gasteiger charge is -2.08. The molecule has 0 bridgehead atoms. The highest BCUT2D eigenvalue weighted by atomic mass is 35.5. The van der Waals surface area contributed by atoms with Crippen LogP contribution in [0, 0.1) is 0 Å². The summed E-state index contributed by atoms with van der Waals surface area (Å²) in [5.74, 6) is -0.126. The van der Waals surface area contributed by atoms with Crippen LogP contribution < -0.4 is 11.5 Å². The summed E-state index contributed by atoms with van der Waals surface area (Å²) in [5.41, 5.74) is 15.3. The third-order valence-electron chi connectivity index (χ3n) is 4.24. The summed E-state index contributed by atoms with van der Waals surface area (Å²) >= 11 is 18.1. The van der Waals surface area contributed by atoms with Crippen molar-refractivity contribution in [1.29, 1.82) is 0 Å². The van der Waals surface area contributed by atoms with Crippen LogP contribution in [0.15, 0.2) is 101 Å². The van der Waals surface area contributed by atoms with Crippen molar-refractivity contribution < 1.29 is 0 Å². The van der Waals surface area contributed by atoms with Gasteiger partial charge in [-0.25, -0.2) is 0 Å². The molecule has 31 heavy (non-hydrogen) atoms. The molecule has 0 aromatic heterocycles. The van der Waals surface area contributed by atoms with Gasteiger partial charge in [0.05, 0.1) is 5.71 Å². The highest BCUT2D eigenvalue weighted by Crippen LogP contribution is 2.26. The minimum atomic E-state index is -0.126. The Hall–Kier alpha value is -3.05. The summed E-state index contributed by atoms with van der Waals surface area (Å²) < 4.78 is 0. The maximum atomic E-state index is 6.06. The molecule has 0 spiro atoms. The monoisotopic (exact) mass is 468 g/mol. The number of hydrogen-bond acceptors (Lipinski definition) is 2. The summed E-state index contributed by atoms with van der Waals surface area (Å²) in [6, 6.07) is 22.5. The Morgan fingerprint density at radius 2 is 1.03 bits per heavy atom. The zero-order chi connectivity index (χ0) is 22.2. The Bertz CT molecular complexity index is 1090. The molecule has 0 heterocycles. The molecule has 0 aliphatic heterocycles. The maximum absolute atomic E-state index is 6.06. The van der Waals surface area contributed by atoms with Gasteiger partial charge < -0.3 is 11.5 Å². The van der Waals surface area contributed by atoms with Crippen LogP contribution in [0.3, 0.4) is 0 Å². The Morgan fingerprint density at radius 1 is 0.613 bits per heavy atom. The first-order valence-corrected chi connectivity index (χ1v) is 10.4. The maximum Gasteiger partial charge on any atom is 0.211 e. The molecule has 7 heteroatoms. The largest absolute Gasteiger partial charge is 0.369 e. The summed E-state index contributed by atoms with van der Waals surface area (Å²) in [4.78, 5) is 0. The van der Waals surface area contributed by atoms with Gasteiger partial charge in [-0.2, -0.15) is 0 Å². The van der Waals surface area contributed by atoms with Crippen LogP contribution in [0.25, 0.3) is 5.57 Å². The smallest absolute Gasteiger partial charge is 0.211 e. The van der Waals surface area contributed by atoms with Gasteiger partial charge in [-0.3, -0.25) is 0 Å². The molecule has 0 atom stereocenters. The number of hydrogen-bond donors (Lipinski definition) is 2. The van der Waals surface area contributed by atoms with Crippen molar-refractivity contribution in [2.24, 2.45) is 21.7 Å². The highest BCUT2D eigenvalue weighted by molar-refractivity contribution is 6.31. The Balaban J connectivity index is 2.02. The molecular weight excluding hydrogens is 451 g/mol. The van der Waals surface area contributed by atoms with E-state index in [-0.39, 0.29) is 5.96 Å². The molecule has 0 unspecified atom stereocenters. The minimum absolute atomic E-state index is 0.126. The van der Waals surface area contributed by atoms with E-state index in [1.54, 1.807) is 12.1 Å². The van der Waals surface area contributed by atoms with E-state index in [0.29, 0.717) is 20.8 Å². The van der Waals surface area contributed by atoms with Gasteiger partial charge in [0.2, 0.25) is 5.96 Å². The van der Waals surface area contributed by atoms with E-state index in [4.69, 9.17) is 46.3 Å². The molecule has 0 aliphatic rings. The lowest BCUT2D eigenvalue weighted by Crippen LogP contribution is -2.22. The fourth-order valence-corrected chi connectivity index (χ4v) is 3.15. The second-order valence-corrected chi connectivity index (χ2v) is 7.78. The number of halogens is 3. The number of guanidine groups is 1. The summed E-state index contributed by atoms with van der Waals surface area (Å²) in [7, 11) is 0. The van der Waals surface area contributed by atoms with Gasteiger partial charge in [0.1, 0.15) is 0 Å². The Morgan fingerprint density at radius 3 is 1.45 bits per heavy atom. The van der Waals surface area contributed by atoms with Crippen molar-refractivity contribution in [2.45, 2.75) is 0 Å². The molecule has 3 rings (SSSR count). The molecule has 0 saturated heterocycles. The first kappa shape index (κ1) is 22.6. The predicted molar refractivity (Wildman–Crippen MR) is 133 cm³/mol. The fraction of sp³-hybridized carbons (Fsp3) is 0. The second-order valence-electron chi connectivity index (χ2n) is 6.47. The van der Waals surface area contributed by atoms with Crippen molar-refractivity contribution in [3.05, 3.63) is 123 Å². The van der Waals surface area contributed by atoms with Crippen LogP contribution in [0.1, 0.15) is 16.7 Å². The average Bonchev–Trinajstić information content (AvgIpc) is 2.76. The SMILES string of the molecule is NC(N)=N/N=C(/C=C/C=C(c1ccc(Cl)cc1)c1ccc(Cl)cc1)c1ccc(Cl)cc1. The van der Waals surface area contributed by atoms with Crippen LogP contribution in [0.4, 0.5) is 0 Å². The van der Waals surface area contributed by atoms with E-state index < -0.39 is 0 Å². The molecule has 0 amide bonds. The second kappa shape index (κ2) is 10.8. The van der Waals surface area contributed by atoms with E-state index in [0.717, 1.165) is 22.3 Å². The average molecular weight is 470 g/mol. The highest BCUT2D eigenvalue weighted by Gasteiger charge is 2.05. The summed E-state index contributed by atoms with van der Waals surface area (Å²) in [5, 5.41) is 9.90. The lowest BCUT2D eigenvalue weighted by atomic mass is 9.97. The number of rotatable bonds is 6. The van der Waals surface area contributed by atoms with E-state index in [1.165, 1.54) is 0 Å². The third kappa shape index (κ3) is 6.72. The molecular formula is C24H19Cl3N4. The van der Waals surface area contributed by atoms with E-state index in [9.17, 15) is 0 Å². The van der Waals surface area contributed by atoms with Crippen LogP contribution in [0.5, 0.6) is 0 Å². The normalized spacial score (nSPS) is 11.4. The van der Waals surface area contributed by atoms with Crippen molar-refractivity contribution >= 4 is 52.0 Å². The molecule has 0 saturated carbocycles. The number of benzene rings is 3. The van der Waals surface area contributed by atoms with Crippen LogP contribution in [0.2, 0.25) is 15.1 Å². The van der Waals surface area contributed by atoms with Gasteiger partial charge in [-0.1, -0.05) is 83.4 Å². The first-order chi connectivity index (χ1) is 14.9. The molecule has 3 aromatic carbocycles. The first-order valence-electron chi connectivity index (χ1n) is 9.25. The van der Waals surface area contributed by atoms with Crippen molar-refractivity contribution in [1.82, 2.24) is 0 Å². The van der Waals surface area contributed by atoms with E-state index >= 15 is 0 Å². The number of nitrogens with zero attached hydrogens (tertiary/aromatic N) is 2. The Kier molecular flexibility index (Phi) is 7.90. The van der Waals surface area contributed by atoms with Crippen LogP contribution in [-0.4, -0.2) is 11.7 Å². The van der Waals surface area contributed by atoms with Gasteiger partial charge in [0.25, 0.3) is 0 Å². The molecule has 0 aliphatic carbocycles. The van der Waals surface area contributed by atoms with E-state index in [2.05, 4.69) is 10.2 Å². The fourth-order valence-electron chi connectivity index (χ4n) is 2.77. The third-order valence-corrected chi connectivity index (χ3v) is 5.00. The van der Waals surface area contributed by atoms with Gasteiger partial charge in [-0.15, -0.1) is 10.2 Å². The van der Waals surface area contributed by atoms with Crippen molar-refractivity contribution in [2.75, 3.05) is 0 Å². The predicted octanol–water partition coefficient (Wildman–Crippen LogP) is 6.31. The molecule has 0 radical (unpaired) electrons. The molecule has 4 nitrogen and oxygen atoms in total. The van der Waals surface area contributed by atoms with Crippen molar-refractivity contribution in [3.63, 3.8) is 0 Å². The molecule has 0 fully saturated rings. The standard InChI is InChI=1S/C24H19Cl3N4/c25-19-10-4-16(5-11-19)22(17-6-12-20(26)13-7-17)2-1-3-23(30-31-24(28)29)18-8-14-21(27)15-9-18/h1-15H,(H4,28,29,31)/b3-1+,30-23-. The zero-order valence-corrected chi connectivity index (χ0v) is 18.6. The lowest BCUT2D eigenvalue weighted by molar-refractivity contribution is 1.20. The quantitative estimate of drug-likeness (QED) is 0.192.